The molecule has 0 heterocycles. The molecule has 1 aliphatic rings. The van der Waals surface area contributed by atoms with Crippen LogP contribution >= 0.6 is 0 Å². The molecule has 0 aromatic carbocycles. The zero-order valence-corrected chi connectivity index (χ0v) is 12.6. The first-order valence-corrected chi connectivity index (χ1v) is 7.17. The van der Waals surface area contributed by atoms with Crippen molar-refractivity contribution in [2.75, 3.05) is 0 Å². The molecule has 0 bridgehead atoms. The van der Waals surface area contributed by atoms with Crippen LogP contribution in [0.1, 0.15) is 67.2 Å². The van der Waals surface area contributed by atoms with E-state index in [1.165, 1.54) is 25.7 Å². The highest BCUT2D eigenvalue weighted by atomic mass is 14.4. The van der Waals surface area contributed by atoms with Crippen molar-refractivity contribution in [3.63, 3.8) is 0 Å². The molecule has 1 atom stereocenters. The monoisotopic (exact) mass is 234 g/mol. The lowest BCUT2D eigenvalue weighted by atomic mass is 9.64. The Kier molecular flexibility index (Phi) is 4.63. The van der Waals surface area contributed by atoms with Crippen molar-refractivity contribution >= 4 is 0 Å². The molecule has 0 aromatic rings. The van der Waals surface area contributed by atoms with Gasteiger partial charge in [0.2, 0.25) is 0 Å². The van der Waals surface area contributed by atoms with Crippen molar-refractivity contribution in [1.29, 1.82) is 0 Å². The summed E-state index contributed by atoms with van der Waals surface area (Å²) in [6.07, 6.45) is 12.2. The Morgan fingerprint density at radius 3 is 2.29 bits per heavy atom. The Hall–Kier alpha value is -0.520. The van der Waals surface area contributed by atoms with Gasteiger partial charge in [0.25, 0.3) is 0 Å². The van der Waals surface area contributed by atoms with E-state index in [9.17, 15) is 0 Å². The SMILES string of the molecule is CCC1(CC)CC(C)=CC=CC1CC(C)(C)C. The second kappa shape index (κ2) is 5.42. The second-order valence-electron chi connectivity index (χ2n) is 7.02. The predicted octanol–water partition coefficient (Wildman–Crippen LogP) is 5.75. The van der Waals surface area contributed by atoms with E-state index < -0.39 is 0 Å². The van der Waals surface area contributed by atoms with Crippen molar-refractivity contribution in [3.05, 3.63) is 23.8 Å². The molecule has 0 fully saturated rings. The quantitative estimate of drug-likeness (QED) is 0.583. The molecule has 1 rings (SSSR count). The predicted molar refractivity (Wildman–Crippen MR) is 78.1 cm³/mol. The molecule has 0 radical (unpaired) electrons. The van der Waals surface area contributed by atoms with Gasteiger partial charge in [0.05, 0.1) is 0 Å². The molecule has 0 saturated carbocycles. The third-order valence-electron chi connectivity index (χ3n) is 4.38. The fraction of sp³-hybridized carbons (Fsp3) is 0.765. The zero-order valence-electron chi connectivity index (χ0n) is 12.6. The van der Waals surface area contributed by atoms with E-state index in [-0.39, 0.29) is 0 Å². The molecule has 1 unspecified atom stereocenters. The van der Waals surface area contributed by atoms with Crippen molar-refractivity contribution in [2.45, 2.75) is 67.2 Å². The molecule has 0 saturated heterocycles. The largest absolute Gasteiger partial charge is 0.0808 e. The van der Waals surface area contributed by atoms with Gasteiger partial charge in [-0.1, -0.05) is 58.4 Å². The summed E-state index contributed by atoms with van der Waals surface area (Å²) in [4.78, 5) is 0. The van der Waals surface area contributed by atoms with Gasteiger partial charge in [0, 0.05) is 0 Å². The van der Waals surface area contributed by atoms with Crippen LogP contribution in [-0.2, 0) is 0 Å². The molecule has 0 aromatic heterocycles. The lowest BCUT2D eigenvalue weighted by Crippen LogP contribution is -2.31. The van der Waals surface area contributed by atoms with E-state index in [4.69, 9.17) is 0 Å². The van der Waals surface area contributed by atoms with Crippen LogP contribution in [-0.4, -0.2) is 0 Å². The molecule has 0 spiro atoms. The van der Waals surface area contributed by atoms with E-state index in [1.807, 2.05) is 0 Å². The van der Waals surface area contributed by atoms with Crippen molar-refractivity contribution in [1.82, 2.24) is 0 Å². The van der Waals surface area contributed by atoms with Crippen LogP contribution in [0.2, 0.25) is 0 Å². The first-order valence-electron chi connectivity index (χ1n) is 7.17. The Morgan fingerprint density at radius 1 is 1.24 bits per heavy atom. The molecule has 0 amide bonds. The van der Waals surface area contributed by atoms with Crippen molar-refractivity contribution in [2.24, 2.45) is 16.7 Å². The standard InChI is InChI=1S/C17H30/c1-7-17(8-2)12-14(3)10-9-11-15(17)13-16(4,5)6/h9-11,15H,7-8,12-13H2,1-6H3. The Morgan fingerprint density at radius 2 is 1.82 bits per heavy atom. The van der Waals surface area contributed by atoms with E-state index in [2.05, 4.69) is 59.8 Å². The van der Waals surface area contributed by atoms with Gasteiger partial charge in [-0.2, -0.15) is 0 Å². The van der Waals surface area contributed by atoms with Gasteiger partial charge >= 0.3 is 0 Å². The molecule has 1 aliphatic carbocycles. The van der Waals surface area contributed by atoms with Crippen LogP contribution in [0, 0.1) is 16.7 Å². The molecular weight excluding hydrogens is 204 g/mol. The maximum Gasteiger partial charge on any atom is -0.0166 e. The highest BCUT2D eigenvalue weighted by molar-refractivity contribution is 5.19. The first-order chi connectivity index (χ1) is 7.83. The van der Waals surface area contributed by atoms with E-state index >= 15 is 0 Å². The molecule has 0 nitrogen and oxygen atoms in total. The Bertz CT molecular complexity index is 294. The maximum atomic E-state index is 2.47. The summed E-state index contributed by atoms with van der Waals surface area (Å²) >= 11 is 0. The van der Waals surface area contributed by atoms with E-state index in [0.717, 1.165) is 5.92 Å². The number of rotatable bonds is 3. The number of allylic oxidation sites excluding steroid dienone is 4. The van der Waals surface area contributed by atoms with Gasteiger partial charge in [0.1, 0.15) is 0 Å². The Balaban J connectivity index is 3.00. The summed E-state index contributed by atoms with van der Waals surface area (Å²) in [5.41, 5.74) is 2.45. The average Bonchev–Trinajstić information content (AvgIpc) is 2.36. The summed E-state index contributed by atoms with van der Waals surface area (Å²) in [5, 5.41) is 0. The molecule has 0 heteroatoms. The van der Waals surface area contributed by atoms with Crippen molar-refractivity contribution in [3.8, 4) is 0 Å². The minimum Gasteiger partial charge on any atom is -0.0808 e. The lowest BCUT2D eigenvalue weighted by molar-refractivity contribution is 0.133. The first kappa shape index (κ1) is 14.5. The molecule has 98 valence electrons. The smallest absolute Gasteiger partial charge is 0.0166 e. The van der Waals surface area contributed by atoms with E-state index in [1.54, 1.807) is 5.57 Å². The second-order valence-corrected chi connectivity index (χ2v) is 7.02. The molecule has 0 aliphatic heterocycles. The van der Waals surface area contributed by atoms with Crippen LogP contribution in [0.5, 0.6) is 0 Å². The number of hydrogen-bond acceptors (Lipinski definition) is 0. The van der Waals surface area contributed by atoms with Crippen LogP contribution in [0.3, 0.4) is 0 Å². The highest BCUT2D eigenvalue weighted by Gasteiger charge is 2.36. The normalized spacial score (nSPS) is 24.4. The third-order valence-corrected chi connectivity index (χ3v) is 4.38. The van der Waals surface area contributed by atoms with Gasteiger partial charge < -0.3 is 0 Å². The van der Waals surface area contributed by atoms with Gasteiger partial charge in [-0.25, -0.2) is 0 Å². The topological polar surface area (TPSA) is 0 Å². The number of hydrogen-bond donors (Lipinski definition) is 0. The van der Waals surface area contributed by atoms with Crippen LogP contribution < -0.4 is 0 Å². The van der Waals surface area contributed by atoms with Crippen LogP contribution in [0.15, 0.2) is 23.8 Å². The summed E-state index contributed by atoms with van der Waals surface area (Å²) in [6.45, 7) is 14.1. The minimum absolute atomic E-state index is 0.419. The van der Waals surface area contributed by atoms with E-state index in [0.29, 0.717) is 10.8 Å². The average molecular weight is 234 g/mol. The summed E-state index contributed by atoms with van der Waals surface area (Å²) < 4.78 is 0. The third kappa shape index (κ3) is 3.72. The maximum absolute atomic E-state index is 2.47. The lowest BCUT2D eigenvalue weighted by Gasteiger charge is -2.41. The summed E-state index contributed by atoms with van der Waals surface area (Å²) in [7, 11) is 0. The molecule has 17 heavy (non-hydrogen) atoms. The fourth-order valence-corrected chi connectivity index (χ4v) is 3.27. The Labute approximate surface area is 108 Å². The minimum atomic E-state index is 0.419. The molecule has 0 N–H and O–H groups in total. The van der Waals surface area contributed by atoms with Gasteiger partial charge in [0.15, 0.2) is 0 Å². The summed E-state index contributed by atoms with van der Waals surface area (Å²) in [5.74, 6) is 0.728. The van der Waals surface area contributed by atoms with Gasteiger partial charge in [-0.3, -0.25) is 0 Å². The highest BCUT2D eigenvalue weighted by Crippen LogP contribution is 2.47. The summed E-state index contributed by atoms with van der Waals surface area (Å²) in [6, 6.07) is 0. The van der Waals surface area contributed by atoms with Gasteiger partial charge in [-0.15, -0.1) is 0 Å². The van der Waals surface area contributed by atoms with Gasteiger partial charge in [-0.05, 0) is 49.4 Å². The fourth-order valence-electron chi connectivity index (χ4n) is 3.27. The molecular formula is C17H30. The zero-order chi connectivity index (χ0) is 13.1. The van der Waals surface area contributed by atoms with Crippen LogP contribution in [0.25, 0.3) is 0 Å². The van der Waals surface area contributed by atoms with Crippen LogP contribution in [0.4, 0.5) is 0 Å². The van der Waals surface area contributed by atoms with Crippen molar-refractivity contribution < 1.29 is 0 Å².